The van der Waals surface area contributed by atoms with Crippen LogP contribution in [0.1, 0.15) is 13.3 Å². The lowest BCUT2D eigenvalue weighted by Gasteiger charge is -2.38. The quantitative estimate of drug-likeness (QED) is 0.276. The van der Waals surface area contributed by atoms with Gasteiger partial charge in [-0.25, -0.2) is 0 Å². The average molecular weight is 498 g/mol. The van der Waals surface area contributed by atoms with E-state index in [0.717, 1.165) is 63.9 Å². The van der Waals surface area contributed by atoms with Crippen molar-refractivity contribution in [1.82, 2.24) is 20.0 Å². The third kappa shape index (κ3) is 6.02. The second-order valence-electron chi connectivity index (χ2n) is 6.50. The van der Waals surface area contributed by atoms with Crippen LogP contribution in [0.15, 0.2) is 47.7 Å². The number of benzene rings is 1. The van der Waals surface area contributed by atoms with E-state index in [2.05, 4.69) is 39.3 Å². The molecule has 1 aliphatic heterocycles. The molecular weight excluding hydrogens is 467 g/mol. The summed E-state index contributed by atoms with van der Waals surface area (Å²) in [4.78, 5) is 9.55. The third-order valence-corrected chi connectivity index (χ3v) is 4.71. The van der Waals surface area contributed by atoms with E-state index in [4.69, 9.17) is 9.73 Å². The van der Waals surface area contributed by atoms with Crippen LogP contribution < -0.4 is 15.0 Å². The molecule has 1 N–H and O–H groups in total. The molecule has 28 heavy (non-hydrogen) atoms. The van der Waals surface area contributed by atoms with Gasteiger partial charge in [0, 0.05) is 58.2 Å². The van der Waals surface area contributed by atoms with Crippen molar-refractivity contribution in [3.63, 3.8) is 0 Å². The van der Waals surface area contributed by atoms with Crippen LogP contribution in [-0.2, 0) is 6.54 Å². The summed E-state index contributed by atoms with van der Waals surface area (Å²) < 4.78 is 7.46. The Hall–Kier alpha value is -1.97. The maximum Gasteiger partial charge on any atom is 0.194 e. The van der Waals surface area contributed by atoms with Crippen molar-refractivity contribution in [1.29, 1.82) is 0 Å². The Kier molecular flexibility index (Phi) is 9.39. The largest absolute Gasteiger partial charge is 0.495 e. The molecular formula is C20H31IN6O. The number of nitrogens with one attached hydrogen (secondary N) is 1. The van der Waals surface area contributed by atoms with Crippen molar-refractivity contribution in [2.75, 3.05) is 51.3 Å². The van der Waals surface area contributed by atoms with E-state index in [9.17, 15) is 0 Å². The van der Waals surface area contributed by atoms with Crippen LogP contribution >= 0.6 is 24.0 Å². The lowest BCUT2D eigenvalue weighted by atomic mass is 10.2. The van der Waals surface area contributed by atoms with E-state index in [1.54, 1.807) is 7.11 Å². The summed E-state index contributed by atoms with van der Waals surface area (Å²) in [6.45, 7) is 8.50. The van der Waals surface area contributed by atoms with Gasteiger partial charge in [0.2, 0.25) is 0 Å². The standard InChI is InChI=1S/C20H30N6O.HI/c1-3-21-20(22-10-6-12-26-13-7-11-23-26)25-16-14-24(15-17-25)18-8-4-5-9-19(18)27-2;/h4-5,7-9,11,13H,3,6,10,12,14-17H2,1-2H3,(H,21,22);1H. The topological polar surface area (TPSA) is 57.9 Å². The number of hydrogen-bond acceptors (Lipinski definition) is 4. The summed E-state index contributed by atoms with van der Waals surface area (Å²) in [5.41, 5.74) is 1.17. The van der Waals surface area contributed by atoms with E-state index in [0.29, 0.717) is 0 Å². The predicted molar refractivity (Wildman–Crippen MR) is 125 cm³/mol. The Morgan fingerprint density at radius 2 is 1.96 bits per heavy atom. The number of guanidine groups is 1. The summed E-state index contributed by atoms with van der Waals surface area (Å²) in [6, 6.07) is 10.2. The summed E-state index contributed by atoms with van der Waals surface area (Å²) in [6.07, 6.45) is 4.79. The first kappa shape index (κ1) is 22.3. The highest BCUT2D eigenvalue weighted by molar-refractivity contribution is 14.0. The van der Waals surface area contributed by atoms with Crippen molar-refractivity contribution >= 4 is 35.6 Å². The average Bonchev–Trinajstić information content (AvgIpc) is 3.24. The highest BCUT2D eigenvalue weighted by Crippen LogP contribution is 2.28. The van der Waals surface area contributed by atoms with Gasteiger partial charge in [-0.15, -0.1) is 24.0 Å². The van der Waals surface area contributed by atoms with E-state index in [1.807, 2.05) is 35.3 Å². The van der Waals surface area contributed by atoms with Crippen LogP contribution in [0.4, 0.5) is 5.69 Å². The molecule has 3 rings (SSSR count). The zero-order valence-electron chi connectivity index (χ0n) is 16.8. The number of para-hydroxylation sites is 2. The number of aliphatic imine (C=N–C) groups is 1. The molecule has 2 aromatic rings. The Labute approximate surface area is 184 Å². The van der Waals surface area contributed by atoms with Crippen molar-refractivity contribution in [2.45, 2.75) is 19.9 Å². The minimum absolute atomic E-state index is 0. The number of nitrogens with zero attached hydrogens (tertiary/aromatic N) is 5. The zero-order valence-corrected chi connectivity index (χ0v) is 19.1. The number of anilines is 1. The van der Waals surface area contributed by atoms with Gasteiger partial charge in [0.25, 0.3) is 0 Å². The Bertz CT molecular complexity index is 713. The van der Waals surface area contributed by atoms with Gasteiger partial charge in [-0.3, -0.25) is 9.67 Å². The van der Waals surface area contributed by atoms with E-state index < -0.39 is 0 Å². The van der Waals surface area contributed by atoms with Gasteiger partial charge in [-0.2, -0.15) is 5.10 Å². The van der Waals surface area contributed by atoms with Crippen LogP contribution in [0.25, 0.3) is 0 Å². The lowest BCUT2D eigenvalue weighted by Crippen LogP contribution is -2.52. The normalized spacial score (nSPS) is 14.6. The summed E-state index contributed by atoms with van der Waals surface area (Å²) >= 11 is 0. The van der Waals surface area contributed by atoms with Crippen LogP contribution in [0.3, 0.4) is 0 Å². The number of rotatable bonds is 7. The minimum atomic E-state index is 0. The highest BCUT2D eigenvalue weighted by Gasteiger charge is 2.21. The first-order valence-electron chi connectivity index (χ1n) is 9.70. The fraction of sp³-hybridized carbons (Fsp3) is 0.500. The predicted octanol–water partition coefficient (Wildman–Crippen LogP) is 2.69. The van der Waals surface area contributed by atoms with E-state index >= 15 is 0 Å². The van der Waals surface area contributed by atoms with Crippen molar-refractivity contribution in [3.8, 4) is 5.75 Å². The van der Waals surface area contributed by atoms with Gasteiger partial charge in [0.05, 0.1) is 12.8 Å². The van der Waals surface area contributed by atoms with Crippen LogP contribution in [0.5, 0.6) is 5.75 Å². The number of methoxy groups -OCH3 is 1. The molecule has 0 bridgehead atoms. The molecule has 0 aliphatic carbocycles. The van der Waals surface area contributed by atoms with Gasteiger partial charge in [-0.1, -0.05) is 12.1 Å². The van der Waals surface area contributed by atoms with Crippen molar-refractivity contribution in [2.24, 2.45) is 4.99 Å². The first-order valence-corrected chi connectivity index (χ1v) is 9.70. The maximum absolute atomic E-state index is 5.51. The summed E-state index contributed by atoms with van der Waals surface area (Å²) in [5.74, 6) is 1.95. The monoisotopic (exact) mass is 498 g/mol. The summed E-state index contributed by atoms with van der Waals surface area (Å²) in [5, 5.41) is 7.67. The van der Waals surface area contributed by atoms with Gasteiger partial charge in [0.1, 0.15) is 5.75 Å². The molecule has 0 spiro atoms. The Balaban J connectivity index is 0.00000280. The van der Waals surface area contributed by atoms with E-state index in [1.165, 1.54) is 5.69 Å². The molecule has 2 heterocycles. The number of aromatic nitrogens is 2. The third-order valence-electron chi connectivity index (χ3n) is 4.71. The van der Waals surface area contributed by atoms with Gasteiger partial charge < -0.3 is 19.9 Å². The van der Waals surface area contributed by atoms with Crippen molar-refractivity contribution in [3.05, 3.63) is 42.7 Å². The molecule has 0 saturated carbocycles. The molecule has 1 aliphatic rings. The fourth-order valence-electron chi connectivity index (χ4n) is 3.33. The lowest BCUT2D eigenvalue weighted by molar-refractivity contribution is 0.367. The molecule has 0 amide bonds. The molecule has 0 radical (unpaired) electrons. The second kappa shape index (κ2) is 11.8. The maximum atomic E-state index is 5.51. The fourth-order valence-corrected chi connectivity index (χ4v) is 3.33. The number of piperazine rings is 1. The SMILES string of the molecule is CCNC(=NCCCn1cccn1)N1CCN(c2ccccc2OC)CC1.I. The molecule has 1 fully saturated rings. The smallest absolute Gasteiger partial charge is 0.194 e. The molecule has 1 aromatic carbocycles. The molecule has 7 nitrogen and oxygen atoms in total. The van der Waals surface area contributed by atoms with Crippen molar-refractivity contribution < 1.29 is 4.74 Å². The van der Waals surface area contributed by atoms with Gasteiger partial charge in [0.15, 0.2) is 5.96 Å². The van der Waals surface area contributed by atoms with E-state index in [-0.39, 0.29) is 24.0 Å². The van der Waals surface area contributed by atoms with Gasteiger partial charge in [-0.05, 0) is 31.5 Å². The first-order chi connectivity index (χ1) is 13.3. The summed E-state index contributed by atoms with van der Waals surface area (Å²) in [7, 11) is 1.73. The molecule has 154 valence electrons. The van der Waals surface area contributed by atoms with Crippen LogP contribution in [0.2, 0.25) is 0 Å². The Morgan fingerprint density at radius 3 is 2.64 bits per heavy atom. The zero-order chi connectivity index (χ0) is 18.9. The molecule has 8 heteroatoms. The van der Waals surface area contributed by atoms with Gasteiger partial charge >= 0.3 is 0 Å². The molecule has 1 saturated heterocycles. The number of ether oxygens (including phenoxy) is 1. The molecule has 1 aromatic heterocycles. The van der Waals surface area contributed by atoms with Crippen LogP contribution in [-0.4, -0.2) is 67.0 Å². The minimum Gasteiger partial charge on any atom is -0.495 e. The Morgan fingerprint density at radius 1 is 1.18 bits per heavy atom. The molecule has 0 unspecified atom stereocenters. The molecule has 0 atom stereocenters. The number of halogens is 1. The number of hydrogen-bond donors (Lipinski definition) is 1. The second-order valence-corrected chi connectivity index (χ2v) is 6.50. The highest BCUT2D eigenvalue weighted by atomic mass is 127. The van der Waals surface area contributed by atoms with Crippen LogP contribution in [0, 0.1) is 0 Å². The number of aryl methyl sites for hydroxylation is 1.